The lowest BCUT2D eigenvalue weighted by molar-refractivity contribution is 0.322. The Bertz CT molecular complexity index is 714. The maximum absolute atomic E-state index is 12.3. The van der Waals surface area contributed by atoms with Crippen LogP contribution in [0.2, 0.25) is 0 Å². The number of methoxy groups -OCH3 is 1. The van der Waals surface area contributed by atoms with Gasteiger partial charge in [-0.15, -0.1) is 0 Å². The second-order valence-electron chi connectivity index (χ2n) is 4.71. The molecule has 0 heterocycles. The standard InChI is InChI=1S/C16H19NO4S/c1-13-8-9-16(15(12-13)20-2)22(18,19)17-10-11-21-14-6-4-3-5-7-14/h3-9,12,17H,10-11H2,1-2H3. The Labute approximate surface area is 130 Å². The molecule has 0 aliphatic heterocycles. The molecule has 0 atom stereocenters. The summed E-state index contributed by atoms with van der Waals surface area (Å²) in [6.45, 7) is 2.30. The van der Waals surface area contributed by atoms with Gasteiger partial charge >= 0.3 is 0 Å². The molecule has 0 aliphatic carbocycles. The zero-order chi connectivity index (χ0) is 16.0. The monoisotopic (exact) mass is 321 g/mol. The maximum Gasteiger partial charge on any atom is 0.244 e. The lowest BCUT2D eigenvalue weighted by atomic mass is 10.2. The van der Waals surface area contributed by atoms with Gasteiger partial charge in [0.25, 0.3) is 0 Å². The molecule has 0 radical (unpaired) electrons. The van der Waals surface area contributed by atoms with Crippen LogP contribution >= 0.6 is 0 Å². The summed E-state index contributed by atoms with van der Waals surface area (Å²) in [7, 11) is -2.18. The minimum absolute atomic E-state index is 0.125. The second kappa shape index (κ2) is 7.29. The van der Waals surface area contributed by atoms with E-state index in [1.54, 1.807) is 12.1 Å². The number of benzene rings is 2. The summed E-state index contributed by atoms with van der Waals surface area (Å²) in [4.78, 5) is 0.125. The van der Waals surface area contributed by atoms with Crippen LogP contribution in [0.1, 0.15) is 5.56 Å². The molecule has 118 valence electrons. The average Bonchev–Trinajstić information content (AvgIpc) is 2.52. The zero-order valence-corrected chi connectivity index (χ0v) is 13.4. The zero-order valence-electron chi connectivity index (χ0n) is 12.6. The number of nitrogens with one attached hydrogen (secondary N) is 1. The van der Waals surface area contributed by atoms with Crippen molar-refractivity contribution in [3.63, 3.8) is 0 Å². The molecule has 1 N–H and O–H groups in total. The van der Waals surface area contributed by atoms with E-state index in [9.17, 15) is 8.42 Å². The Hall–Kier alpha value is -2.05. The summed E-state index contributed by atoms with van der Waals surface area (Å²) in [5.41, 5.74) is 0.934. The van der Waals surface area contributed by atoms with Crippen LogP contribution in [0, 0.1) is 6.92 Å². The van der Waals surface area contributed by atoms with E-state index < -0.39 is 10.0 Å². The van der Waals surface area contributed by atoms with Crippen LogP contribution in [-0.2, 0) is 10.0 Å². The van der Waals surface area contributed by atoms with Gasteiger partial charge in [-0.1, -0.05) is 24.3 Å². The van der Waals surface area contributed by atoms with Crippen molar-refractivity contribution < 1.29 is 17.9 Å². The topological polar surface area (TPSA) is 64.6 Å². The van der Waals surface area contributed by atoms with E-state index in [1.807, 2.05) is 37.3 Å². The summed E-state index contributed by atoms with van der Waals surface area (Å²) < 4.78 is 37.7. The fraction of sp³-hybridized carbons (Fsp3) is 0.250. The van der Waals surface area contributed by atoms with Crippen molar-refractivity contribution >= 4 is 10.0 Å². The lowest BCUT2D eigenvalue weighted by Gasteiger charge is -2.12. The Morgan fingerprint density at radius 2 is 1.82 bits per heavy atom. The molecule has 0 fully saturated rings. The Balaban J connectivity index is 1.97. The highest BCUT2D eigenvalue weighted by atomic mass is 32.2. The van der Waals surface area contributed by atoms with Gasteiger partial charge in [-0.05, 0) is 36.8 Å². The van der Waals surface area contributed by atoms with Crippen molar-refractivity contribution in [3.8, 4) is 11.5 Å². The van der Waals surface area contributed by atoms with Gasteiger partial charge in [0.05, 0.1) is 7.11 Å². The largest absolute Gasteiger partial charge is 0.495 e. The van der Waals surface area contributed by atoms with E-state index in [1.165, 1.54) is 13.2 Å². The highest BCUT2D eigenvalue weighted by Gasteiger charge is 2.18. The van der Waals surface area contributed by atoms with E-state index in [0.29, 0.717) is 11.5 Å². The molecule has 0 aliphatic rings. The molecular formula is C16H19NO4S. The summed E-state index contributed by atoms with van der Waals surface area (Å²) in [5, 5.41) is 0. The van der Waals surface area contributed by atoms with E-state index in [4.69, 9.17) is 9.47 Å². The van der Waals surface area contributed by atoms with E-state index in [2.05, 4.69) is 4.72 Å². The molecule has 0 bridgehead atoms. The van der Waals surface area contributed by atoms with Crippen LogP contribution in [0.3, 0.4) is 0 Å². The minimum Gasteiger partial charge on any atom is -0.495 e. The summed E-state index contributed by atoms with van der Waals surface area (Å²) in [6, 6.07) is 14.2. The van der Waals surface area contributed by atoms with Crippen LogP contribution in [0.5, 0.6) is 11.5 Å². The first-order valence-corrected chi connectivity index (χ1v) is 8.33. The molecule has 2 aromatic carbocycles. The quantitative estimate of drug-likeness (QED) is 0.795. The van der Waals surface area contributed by atoms with Gasteiger partial charge in [0.15, 0.2) is 0 Å². The van der Waals surface area contributed by atoms with E-state index in [-0.39, 0.29) is 18.0 Å². The Morgan fingerprint density at radius 1 is 1.09 bits per heavy atom. The molecule has 6 heteroatoms. The van der Waals surface area contributed by atoms with Crippen molar-refractivity contribution in [1.29, 1.82) is 0 Å². The molecule has 0 aromatic heterocycles. The number of sulfonamides is 1. The molecular weight excluding hydrogens is 302 g/mol. The van der Waals surface area contributed by atoms with Crippen LogP contribution in [0.4, 0.5) is 0 Å². The molecule has 2 aromatic rings. The number of rotatable bonds is 7. The second-order valence-corrected chi connectivity index (χ2v) is 6.45. The Kier molecular flexibility index (Phi) is 5.41. The third kappa shape index (κ3) is 4.22. The number of hydrogen-bond donors (Lipinski definition) is 1. The summed E-state index contributed by atoms with van der Waals surface area (Å²) in [5.74, 6) is 1.03. The van der Waals surface area contributed by atoms with E-state index in [0.717, 1.165) is 5.56 Å². The van der Waals surface area contributed by atoms with Gasteiger partial charge < -0.3 is 9.47 Å². The summed E-state index contributed by atoms with van der Waals surface area (Å²) >= 11 is 0. The minimum atomic E-state index is -3.63. The van der Waals surface area contributed by atoms with Crippen LogP contribution in [0.15, 0.2) is 53.4 Å². The summed E-state index contributed by atoms with van der Waals surface area (Å²) in [6.07, 6.45) is 0. The Morgan fingerprint density at radius 3 is 2.50 bits per heavy atom. The SMILES string of the molecule is COc1cc(C)ccc1S(=O)(=O)NCCOc1ccccc1. The van der Waals surface area contributed by atoms with Gasteiger partial charge in [-0.2, -0.15) is 0 Å². The highest BCUT2D eigenvalue weighted by Crippen LogP contribution is 2.24. The van der Waals surface area contributed by atoms with Crippen molar-refractivity contribution in [2.75, 3.05) is 20.3 Å². The molecule has 0 saturated carbocycles. The molecule has 0 saturated heterocycles. The van der Waals surface area contributed by atoms with Gasteiger partial charge in [-0.3, -0.25) is 0 Å². The highest BCUT2D eigenvalue weighted by molar-refractivity contribution is 7.89. The van der Waals surface area contributed by atoms with Crippen molar-refractivity contribution in [2.24, 2.45) is 0 Å². The molecule has 0 unspecified atom stereocenters. The smallest absolute Gasteiger partial charge is 0.244 e. The van der Waals surface area contributed by atoms with Crippen LogP contribution < -0.4 is 14.2 Å². The van der Waals surface area contributed by atoms with Gasteiger partial charge in [0.1, 0.15) is 23.0 Å². The molecule has 0 amide bonds. The number of hydrogen-bond acceptors (Lipinski definition) is 4. The molecule has 0 spiro atoms. The lowest BCUT2D eigenvalue weighted by Crippen LogP contribution is -2.28. The van der Waals surface area contributed by atoms with Crippen LogP contribution in [-0.4, -0.2) is 28.7 Å². The van der Waals surface area contributed by atoms with Crippen molar-refractivity contribution in [3.05, 3.63) is 54.1 Å². The number of aryl methyl sites for hydroxylation is 1. The van der Waals surface area contributed by atoms with Gasteiger partial charge in [0, 0.05) is 6.54 Å². The first kappa shape index (κ1) is 16.3. The van der Waals surface area contributed by atoms with Gasteiger partial charge in [-0.25, -0.2) is 13.1 Å². The first-order chi connectivity index (χ1) is 10.5. The van der Waals surface area contributed by atoms with Gasteiger partial charge in [0.2, 0.25) is 10.0 Å². The van der Waals surface area contributed by atoms with Crippen molar-refractivity contribution in [1.82, 2.24) is 4.72 Å². The number of para-hydroxylation sites is 1. The normalized spacial score (nSPS) is 11.2. The number of ether oxygens (including phenoxy) is 2. The maximum atomic E-state index is 12.3. The third-order valence-electron chi connectivity index (χ3n) is 3.01. The first-order valence-electron chi connectivity index (χ1n) is 6.85. The van der Waals surface area contributed by atoms with E-state index >= 15 is 0 Å². The predicted molar refractivity (Wildman–Crippen MR) is 84.9 cm³/mol. The molecule has 2 rings (SSSR count). The fourth-order valence-electron chi connectivity index (χ4n) is 1.94. The van der Waals surface area contributed by atoms with Crippen molar-refractivity contribution in [2.45, 2.75) is 11.8 Å². The predicted octanol–water partition coefficient (Wildman–Crippen LogP) is 2.36. The molecule has 5 nitrogen and oxygen atoms in total. The third-order valence-corrected chi connectivity index (χ3v) is 4.52. The molecule has 22 heavy (non-hydrogen) atoms. The average molecular weight is 321 g/mol. The fourth-order valence-corrected chi connectivity index (χ4v) is 3.10. The van der Waals surface area contributed by atoms with Crippen LogP contribution in [0.25, 0.3) is 0 Å².